The van der Waals surface area contributed by atoms with E-state index in [1.54, 1.807) is 0 Å². The van der Waals surface area contributed by atoms with Gasteiger partial charge < -0.3 is 5.11 Å². The van der Waals surface area contributed by atoms with E-state index in [1.165, 1.54) is 0 Å². The Morgan fingerprint density at radius 1 is 1.38 bits per heavy atom. The lowest BCUT2D eigenvalue weighted by molar-refractivity contribution is -0.134. The van der Waals surface area contributed by atoms with Crippen molar-refractivity contribution in [3.05, 3.63) is 0 Å². The van der Waals surface area contributed by atoms with Crippen molar-refractivity contribution in [1.82, 2.24) is 4.72 Å². The lowest BCUT2D eigenvalue weighted by Gasteiger charge is -2.13. The fraction of sp³-hybridized carbons (Fsp3) is 0.857. The Labute approximate surface area is 78.2 Å². The molecule has 78 valence electrons. The first-order chi connectivity index (χ1) is 5.91. The third kappa shape index (κ3) is 5.59. The number of aliphatic carboxylic acids is 1. The summed E-state index contributed by atoms with van der Waals surface area (Å²) in [5, 5.41) is 8.29. The van der Waals surface area contributed by atoms with E-state index in [9.17, 15) is 13.2 Å². The molecule has 0 saturated heterocycles. The van der Waals surface area contributed by atoms with Crippen molar-refractivity contribution in [2.75, 3.05) is 5.75 Å². The van der Waals surface area contributed by atoms with Gasteiger partial charge in [-0.05, 0) is 12.8 Å². The van der Waals surface area contributed by atoms with E-state index in [2.05, 4.69) is 4.72 Å². The Bertz CT molecular complexity index is 256. The quantitative estimate of drug-likeness (QED) is 0.653. The van der Waals surface area contributed by atoms with Crippen LogP contribution in [0.5, 0.6) is 0 Å². The van der Waals surface area contributed by atoms with Gasteiger partial charge in [0.25, 0.3) is 0 Å². The van der Waals surface area contributed by atoms with Crippen LogP contribution in [-0.4, -0.2) is 31.3 Å². The normalized spacial score (nSPS) is 11.9. The van der Waals surface area contributed by atoms with Crippen molar-refractivity contribution in [3.63, 3.8) is 0 Å². The Hall–Kier alpha value is -0.620. The van der Waals surface area contributed by atoms with Crippen LogP contribution in [-0.2, 0) is 14.8 Å². The largest absolute Gasteiger partial charge is 0.480 e. The molecule has 2 N–H and O–H groups in total. The fourth-order valence-corrected chi connectivity index (χ4v) is 2.16. The minimum Gasteiger partial charge on any atom is -0.480 e. The van der Waals surface area contributed by atoms with E-state index < -0.39 is 21.7 Å². The smallest absolute Gasteiger partial charge is 0.320 e. The van der Waals surface area contributed by atoms with Gasteiger partial charge in [0.05, 0.1) is 0 Å². The highest BCUT2D eigenvalue weighted by atomic mass is 32.2. The summed E-state index contributed by atoms with van der Waals surface area (Å²) in [5.41, 5.74) is 0. The molecule has 0 aliphatic rings. The van der Waals surface area contributed by atoms with E-state index in [4.69, 9.17) is 5.11 Å². The summed E-state index contributed by atoms with van der Waals surface area (Å²) in [6.07, 6.45) is 1.32. The maximum atomic E-state index is 11.1. The Kier molecular flexibility index (Phi) is 4.94. The molecule has 0 saturated carbocycles. The standard InChI is InChI=1S/C7H15NO4S/c1-3-6(4-2)8-13(11,12)5-7(9)10/h6,8H,3-5H2,1-2H3,(H,9,10). The van der Waals surface area contributed by atoms with Crippen molar-refractivity contribution < 1.29 is 18.3 Å². The van der Waals surface area contributed by atoms with Crippen LogP contribution in [0, 0.1) is 0 Å². The molecule has 6 heteroatoms. The van der Waals surface area contributed by atoms with Gasteiger partial charge in [-0.3, -0.25) is 4.79 Å². The zero-order chi connectivity index (χ0) is 10.5. The molecule has 0 spiro atoms. The molecular formula is C7H15NO4S. The van der Waals surface area contributed by atoms with E-state index >= 15 is 0 Å². The summed E-state index contributed by atoms with van der Waals surface area (Å²) < 4.78 is 24.5. The molecule has 0 unspecified atom stereocenters. The molecular weight excluding hydrogens is 194 g/mol. The molecule has 0 aromatic carbocycles. The average Bonchev–Trinajstić information content (AvgIpc) is 1.97. The second-order valence-corrected chi connectivity index (χ2v) is 4.54. The van der Waals surface area contributed by atoms with Gasteiger partial charge in [0.15, 0.2) is 5.75 Å². The van der Waals surface area contributed by atoms with Crippen molar-refractivity contribution in [3.8, 4) is 0 Å². The van der Waals surface area contributed by atoms with Gasteiger partial charge in [0.2, 0.25) is 10.0 Å². The SMILES string of the molecule is CCC(CC)NS(=O)(=O)CC(=O)O. The molecule has 0 atom stereocenters. The van der Waals surface area contributed by atoms with E-state index in [1.807, 2.05) is 13.8 Å². The van der Waals surface area contributed by atoms with Gasteiger partial charge >= 0.3 is 5.97 Å². The zero-order valence-electron chi connectivity index (χ0n) is 7.78. The second-order valence-electron chi connectivity index (χ2n) is 2.78. The minimum atomic E-state index is -3.65. The summed E-state index contributed by atoms with van der Waals surface area (Å²) in [4.78, 5) is 10.2. The molecule has 0 heterocycles. The molecule has 0 aromatic heterocycles. The van der Waals surface area contributed by atoms with Gasteiger partial charge in [-0.15, -0.1) is 0 Å². The van der Waals surface area contributed by atoms with Crippen LogP contribution < -0.4 is 4.72 Å². The van der Waals surface area contributed by atoms with Crippen molar-refractivity contribution >= 4 is 16.0 Å². The summed E-state index contributed by atoms with van der Waals surface area (Å²) in [7, 11) is -3.65. The van der Waals surface area contributed by atoms with Crippen LogP contribution in [0.3, 0.4) is 0 Å². The number of carboxylic acids is 1. The Balaban J connectivity index is 4.24. The fourth-order valence-electron chi connectivity index (χ4n) is 0.913. The number of carboxylic acid groups (broad SMARTS) is 1. The second kappa shape index (κ2) is 5.18. The van der Waals surface area contributed by atoms with Gasteiger partial charge in [0, 0.05) is 6.04 Å². The summed E-state index contributed by atoms with van der Waals surface area (Å²) in [6, 6.07) is -0.163. The third-order valence-electron chi connectivity index (χ3n) is 1.65. The molecule has 0 fully saturated rings. The van der Waals surface area contributed by atoms with Crippen LogP contribution in [0.15, 0.2) is 0 Å². The minimum absolute atomic E-state index is 0.163. The van der Waals surface area contributed by atoms with Crippen LogP contribution in [0.25, 0.3) is 0 Å². The van der Waals surface area contributed by atoms with Gasteiger partial charge in [0.1, 0.15) is 0 Å². The molecule has 13 heavy (non-hydrogen) atoms. The third-order valence-corrected chi connectivity index (χ3v) is 2.96. The number of rotatable bonds is 6. The molecule has 5 nitrogen and oxygen atoms in total. The lowest BCUT2D eigenvalue weighted by atomic mass is 10.2. The highest BCUT2D eigenvalue weighted by Crippen LogP contribution is 1.99. The molecule has 0 radical (unpaired) electrons. The number of hydrogen-bond acceptors (Lipinski definition) is 3. The highest BCUT2D eigenvalue weighted by molar-refractivity contribution is 7.90. The first kappa shape index (κ1) is 12.4. The predicted octanol–water partition coefficient (Wildman–Crippen LogP) is 0.179. The van der Waals surface area contributed by atoms with Gasteiger partial charge in [-0.1, -0.05) is 13.8 Å². The maximum Gasteiger partial charge on any atom is 0.320 e. The van der Waals surface area contributed by atoms with E-state index in [-0.39, 0.29) is 6.04 Å². The van der Waals surface area contributed by atoms with Crippen molar-refractivity contribution in [2.24, 2.45) is 0 Å². The van der Waals surface area contributed by atoms with Crippen molar-refractivity contribution in [1.29, 1.82) is 0 Å². The topological polar surface area (TPSA) is 83.5 Å². The molecule has 0 aliphatic heterocycles. The summed E-state index contributed by atoms with van der Waals surface area (Å²) >= 11 is 0. The van der Waals surface area contributed by atoms with Gasteiger partial charge in [-0.2, -0.15) is 0 Å². The lowest BCUT2D eigenvalue weighted by Crippen LogP contribution is -2.37. The van der Waals surface area contributed by atoms with Crippen LogP contribution in [0.2, 0.25) is 0 Å². The van der Waals surface area contributed by atoms with Crippen molar-refractivity contribution in [2.45, 2.75) is 32.7 Å². The molecule has 0 rings (SSSR count). The summed E-state index contributed by atoms with van der Waals surface area (Å²) in [5.74, 6) is -2.19. The summed E-state index contributed by atoms with van der Waals surface area (Å²) in [6.45, 7) is 3.69. The Morgan fingerprint density at radius 2 is 1.85 bits per heavy atom. The molecule has 0 amide bonds. The predicted molar refractivity (Wildman–Crippen MR) is 48.9 cm³/mol. The highest BCUT2D eigenvalue weighted by Gasteiger charge is 2.18. The number of carbonyl (C=O) groups is 1. The van der Waals surface area contributed by atoms with Crippen LogP contribution >= 0.6 is 0 Å². The molecule has 0 bridgehead atoms. The monoisotopic (exact) mass is 209 g/mol. The van der Waals surface area contributed by atoms with Crippen LogP contribution in [0.4, 0.5) is 0 Å². The average molecular weight is 209 g/mol. The first-order valence-corrected chi connectivity index (χ1v) is 5.78. The maximum absolute atomic E-state index is 11.1. The number of hydrogen-bond donors (Lipinski definition) is 2. The Morgan fingerprint density at radius 3 is 2.15 bits per heavy atom. The van der Waals surface area contributed by atoms with Crippen LogP contribution in [0.1, 0.15) is 26.7 Å². The number of sulfonamides is 1. The van der Waals surface area contributed by atoms with Gasteiger partial charge in [-0.25, -0.2) is 13.1 Å². The zero-order valence-corrected chi connectivity index (χ0v) is 8.60. The molecule has 0 aromatic rings. The van der Waals surface area contributed by atoms with E-state index in [0.717, 1.165) is 0 Å². The number of nitrogens with one attached hydrogen (secondary N) is 1. The molecule has 0 aliphatic carbocycles. The first-order valence-electron chi connectivity index (χ1n) is 4.13. The van der Waals surface area contributed by atoms with E-state index in [0.29, 0.717) is 12.8 Å².